The molecule has 3 heteroatoms. The smallest absolute Gasteiger partial charge is 0.0677 e. The van der Waals surface area contributed by atoms with Crippen LogP contribution in [0.1, 0.15) is 30.5 Å². The van der Waals surface area contributed by atoms with Crippen LogP contribution in [0.2, 0.25) is 0 Å². The summed E-state index contributed by atoms with van der Waals surface area (Å²) in [6.45, 7) is 1.09. The molecule has 0 saturated heterocycles. The van der Waals surface area contributed by atoms with E-state index in [1.54, 1.807) is 0 Å². The lowest BCUT2D eigenvalue weighted by Gasteiger charge is -2.33. The van der Waals surface area contributed by atoms with Crippen molar-refractivity contribution in [1.29, 1.82) is 0 Å². The summed E-state index contributed by atoms with van der Waals surface area (Å²) < 4.78 is 2.05. The number of hydrogen-bond donors (Lipinski definition) is 1. The van der Waals surface area contributed by atoms with Gasteiger partial charge in [0.2, 0.25) is 0 Å². The van der Waals surface area contributed by atoms with Crippen LogP contribution < -0.4 is 5.32 Å². The first-order valence-corrected chi connectivity index (χ1v) is 7.76. The lowest BCUT2D eigenvalue weighted by molar-refractivity contribution is 0.229. The van der Waals surface area contributed by atoms with Crippen LogP contribution in [-0.4, -0.2) is 22.4 Å². The first-order chi connectivity index (χ1) is 9.90. The molecule has 1 N–H and O–H groups in total. The van der Waals surface area contributed by atoms with Crippen LogP contribution >= 0.6 is 0 Å². The Morgan fingerprint density at radius 2 is 2.00 bits per heavy atom. The molecule has 2 aliphatic rings. The van der Waals surface area contributed by atoms with Crippen molar-refractivity contribution in [3.63, 3.8) is 0 Å². The molecule has 20 heavy (non-hydrogen) atoms. The van der Waals surface area contributed by atoms with Crippen molar-refractivity contribution < 1.29 is 0 Å². The number of nitrogens with zero attached hydrogens (tertiary/aromatic N) is 2. The number of para-hydroxylation sites is 1. The van der Waals surface area contributed by atoms with Crippen LogP contribution in [0.3, 0.4) is 0 Å². The Bertz CT molecular complexity index is 584. The molecule has 104 valence electrons. The quantitative estimate of drug-likeness (QED) is 0.906. The van der Waals surface area contributed by atoms with Gasteiger partial charge in [-0.05, 0) is 49.4 Å². The minimum absolute atomic E-state index is 0.643. The molecule has 4 rings (SSSR count). The van der Waals surface area contributed by atoms with Crippen LogP contribution in [0.4, 0.5) is 0 Å². The number of fused-ring (bicyclic) bond motifs is 1. The van der Waals surface area contributed by atoms with Crippen LogP contribution in [0.15, 0.2) is 36.5 Å². The normalized spacial score (nSPS) is 22.9. The molecule has 1 fully saturated rings. The zero-order chi connectivity index (χ0) is 13.4. The van der Waals surface area contributed by atoms with E-state index in [1.807, 2.05) is 4.68 Å². The van der Waals surface area contributed by atoms with E-state index in [0.29, 0.717) is 6.04 Å². The molecule has 0 radical (unpaired) electrons. The summed E-state index contributed by atoms with van der Waals surface area (Å²) in [6.07, 6.45) is 8.62. The van der Waals surface area contributed by atoms with Gasteiger partial charge in [0.05, 0.1) is 11.4 Å². The maximum absolute atomic E-state index is 4.85. The maximum Gasteiger partial charge on any atom is 0.0677 e. The minimum Gasteiger partial charge on any atom is -0.313 e. The molecule has 0 spiro atoms. The Hall–Kier alpha value is -1.61. The van der Waals surface area contributed by atoms with E-state index in [2.05, 4.69) is 41.8 Å². The van der Waals surface area contributed by atoms with E-state index in [4.69, 9.17) is 5.10 Å². The van der Waals surface area contributed by atoms with Crippen LogP contribution in [-0.2, 0) is 12.8 Å². The second kappa shape index (κ2) is 5.06. The average molecular weight is 267 g/mol. The van der Waals surface area contributed by atoms with Gasteiger partial charge in [0.15, 0.2) is 0 Å². The van der Waals surface area contributed by atoms with Gasteiger partial charge in [0, 0.05) is 18.7 Å². The zero-order valence-electron chi connectivity index (χ0n) is 11.8. The summed E-state index contributed by atoms with van der Waals surface area (Å²) in [6, 6.07) is 11.1. The molecule has 1 aliphatic heterocycles. The molecule has 1 aliphatic carbocycles. The van der Waals surface area contributed by atoms with E-state index in [0.717, 1.165) is 31.0 Å². The van der Waals surface area contributed by atoms with Gasteiger partial charge in [-0.15, -0.1) is 0 Å². The van der Waals surface area contributed by atoms with Crippen LogP contribution in [0.25, 0.3) is 5.69 Å². The number of aromatic nitrogens is 2. The van der Waals surface area contributed by atoms with E-state index >= 15 is 0 Å². The third-order valence-corrected chi connectivity index (χ3v) is 4.83. The molecular weight excluding hydrogens is 246 g/mol. The molecule has 0 amide bonds. The van der Waals surface area contributed by atoms with Crippen molar-refractivity contribution in [1.82, 2.24) is 15.1 Å². The second-order valence-corrected chi connectivity index (χ2v) is 6.09. The number of rotatable bonds is 2. The van der Waals surface area contributed by atoms with Gasteiger partial charge >= 0.3 is 0 Å². The topological polar surface area (TPSA) is 29.9 Å². The third-order valence-electron chi connectivity index (χ3n) is 4.83. The summed E-state index contributed by atoms with van der Waals surface area (Å²) >= 11 is 0. The van der Waals surface area contributed by atoms with Gasteiger partial charge < -0.3 is 5.32 Å². The van der Waals surface area contributed by atoms with Gasteiger partial charge in [-0.3, -0.25) is 0 Å². The standard InChI is InChI=1S/C17H21N3/c1-2-7-15(8-3-1)20-12-14-9-10-18-16(11-17(14)19-20)13-5-4-6-13/h1-3,7-8,12-13,16,18H,4-6,9-11H2. The molecule has 1 aromatic carbocycles. The summed E-state index contributed by atoms with van der Waals surface area (Å²) in [5, 5.41) is 8.58. The molecule has 1 atom stereocenters. The molecule has 1 unspecified atom stereocenters. The van der Waals surface area contributed by atoms with Gasteiger partial charge in [0.1, 0.15) is 0 Å². The largest absolute Gasteiger partial charge is 0.313 e. The van der Waals surface area contributed by atoms with Crippen LogP contribution in [0, 0.1) is 5.92 Å². The van der Waals surface area contributed by atoms with Crippen molar-refractivity contribution in [2.75, 3.05) is 6.54 Å². The molecule has 0 bridgehead atoms. The Morgan fingerprint density at radius 3 is 2.75 bits per heavy atom. The molecule has 1 saturated carbocycles. The molecule has 2 aromatic rings. The van der Waals surface area contributed by atoms with Gasteiger partial charge in [-0.1, -0.05) is 24.6 Å². The molecule has 3 nitrogen and oxygen atoms in total. The van der Waals surface area contributed by atoms with Gasteiger partial charge in [-0.25, -0.2) is 4.68 Å². The second-order valence-electron chi connectivity index (χ2n) is 6.09. The molecule has 2 heterocycles. The van der Waals surface area contributed by atoms with Crippen molar-refractivity contribution in [2.24, 2.45) is 5.92 Å². The fourth-order valence-electron chi connectivity index (χ4n) is 3.39. The van der Waals surface area contributed by atoms with E-state index < -0.39 is 0 Å². The van der Waals surface area contributed by atoms with Gasteiger partial charge in [0.25, 0.3) is 0 Å². The third kappa shape index (κ3) is 2.16. The Kier molecular flexibility index (Phi) is 3.07. The lowest BCUT2D eigenvalue weighted by atomic mass is 9.78. The maximum atomic E-state index is 4.85. The Labute approximate surface area is 120 Å². The number of benzene rings is 1. The Balaban J connectivity index is 1.62. The first kappa shape index (κ1) is 12.2. The van der Waals surface area contributed by atoms with Gasteiger partial charge in [-0.2, -0.15) is 5.10 Å². The van der Waals surface area contributed by atoms with E-state index in [1.165, 1.54) is 30.5 Å². The van der Waals surface area contributed by atoms with Crippen molar-refractivity contribution in [3.05, 3.63) is 47.8 Å². The monoisotopic (exact) mass is 267 g/mol. The SMILES string of the molecule is c1ccc(-n2cc3c(n2)CC(C2CCC2)NCC3)cc1. The first-order valence-electron chi connectivity index (χ1n) is 7.76. The Morgan fingerprint density at radius 1 is 1.15 bits per heavy atom. The average Bonchev–Trinajstić information content (AvgIpc) is 2.72. The summed E-state index contributed by atoms with van der Waals surface area (Å²) in [7, 11) is 0. The van der Waals surface area contributed by atoms with E-state index in [9.17, 15) is 0 Å². The molecular formula is C17H21N3. The van der Waals surface area contributed by atoms with Crippen molar-refractivity contribution >= 4 is 0 Å². The zero-order valence-corrected chi connectivity index (χ0v) is 11.8. The minimum atomic E-state index is 0.643. The van der Waals surface area contributed by atoms with E-state index in [-0.39, 0.29) is 0 Å². The summed E-state index contributed by atoms with van der Waals surface area (Å²) in [4.78, 5) is 0. The molecule has 1 aromatic heterocycles. The predicted molar refractivity (Wildman–Crippen MR) is 80.1 cm³/mol. The highest BCUT2D eigenvalue weighted by molar-refractivity contribution is 5.33. The van der Waals surface area contributed by atoms with Crippen molar-refractivity contribution in [2.45, 2.75) is 38.1 Å². The predicted octanol–water partition coefficient (Wildman–Crippen LogP) is 2.73. The highest BCUT2D eigenvalue weighted by Crippen LogP contribution is 2.32. The van der Waals surface area contributed by atoms with Crippen molar-refractivity contribution in [3.8, 4) is 5.69 Å². The summed E-state index contributed by atoms with van der Waals surface area (Å²) in [5.41, 5.74) is 3.88. The fourth-order valence-corrected chi connectivity index (χ4v) is 3.39. The lowest BCUT2D eigenvalue weighted by Crippen LogP contribution is -2.40. The number of hydrogen-bond acceptors (Lipinski definition) is 2. The van der Waals surface area contributed by atoms with Crippen LogP contribution in [0.5, 0.6) is 0 Å². The highest BCUT2D eigenvalue weighted by atomic mass is 15.3. The fraction of sp³-hybridized carbons (Fsp3) is 0.471. The number of nitrogens with one attached hydrogen (secondary N) is 1. The highest BCUT2D eigenvalue weighted by Gasteiger charge is 2.30. The summed E-state index contributed by atoms with van der Waals surface area (Å²) in [5.74, 6) is 0.878.